The third-order valence-corrected chi connectivity index (χ3v) is 9.08. The molecule has 0 saturated heterocycles. The van der Waals surface area contributed by atoms with Crippen molar-refractivity contribution in [2.24, 2.45) is 0 Å². The number of carbonyl (C=O) groups excluding carboxylic acids is 1. The van der Waals surface area contributed by atoms with E-state index in [9.17, 15) is 13.2 Å². The fraction of sp³-hybridized carbons (Fsp3) is 0.333. The summed E-state index contributed by atoms with van der Waals surface area (Å²) in [6, 6.07) is 13.4. The Morgan fingerprint density at radius 2 is 1.97 bits per heavy atom. The van der Waals surface area contributed by atoms with Crippen molar-refractivity contribution in [3.05, 3.63) is 52.9 Å². The second kappa shape index (κ2) is 12.1. The van der Waals surface area contributed by atoms with Gasteiger partial charge in [0.25, 0.3) is 0 Å². The fourth-order valence-electron chi connectivity index (χ4n) is 4.53. The lowest BCUT2D eigenvalue weighted by Gasteiger charge is -2.13. The summed E-state index contributed by atoms with van der Waals surface area (Å²) in [6.45, 7) is 3.58. The molecule has 0 spiro atoms. The first-order chi connectivity index (χ1) is 18.8. The van der Waals surface area contributed by atoms with Gasteiger partial charge in [-0.15, -0.1) is 22.7 Å². The molecule has 1 amide bonds. The van der Waals surface area contributed by atoms with Crippen LogP contribution in [0.4, 0.5) is 10.7 Å². The van der Waals surface area contributed by atoms with Crippen molar-refractivity contribution in [1.29, 1.82) is 0 Å². The number of methoxy groups -OCH3 is 1. The van der Waals surface area contributed by atoms with Gasteiger partial charge in [-0.25, -0.2) is 13.4 Å². The van der Waals surface area contributed by atoms with E-state index in [0.29, 0.717) is 31.8 Å². The van der Waals surface area contributed by atoms with Crippen LogP contribution in [0.3, 0.4) is 0 Å². The summed E-state index contributed by atoms with van der Waals surface area (Å²) in [5, 5.41) is 11.5. The predicted octanol–water partition coefficient (Wildman–Crippen LogP) is 4.27. The molecule has 4 N–H and O–H groups in total. The number of nitrogens with zero attached hydrogens (tertiary/aromatic N) is 1. The van der Waals surface area contributed by atoms with E-state index in [1.165, 1.54) is 10.4 Å². The molecule has 0 unspecified atom stereocenters. The number of fused-ring (bicyclic) bond motifs is 2. The highest BCUT2D eigenvalue weighted by Crippen LogP contribution is 2.45. The summed E-state index contributed by atoms with van der Waals surface area (Å²) < 4.78 is 31.9. The summed E-state index contributed by atoms with van der Waals surface area (Å²) in [6.07, 6.45) is 2.40. The normalized spacial score (nSPS) is 13.4. The quantitative estimate of drug-likeness (QED) is 0.194. The van der Waals surface area contributed by atoms with E-state index in [4.69, 9.17) is 9.72 Å². The molecule has 39 heavy (non-hydrogen) atoms. The molecule has 0 radical (unpaired) electrons. The summed E-state index contributed by atoms with van der Waals surface area (Å²) >= 11 is 3.23. The van der Waals surface area contributed by atoms with Crippen LogP contribution in [-0.4, -0.2) is 58.9 Å². The molecule has 0 saturated carbocycles. The first kappa shape index (κ1) is 27.7. The molecule has 9 nitrogen and oxygen atoms in total. The van der Waals surface area contributed by atoms with Crippen molar-refractivity contribution in [3.63, 3.8) is 0 Å². The maximum atomic E-state index is 12.8. The number of nitrogens with one attached hydrogen (secondary N) is 4. The lowest BCUT2D eigenvalue weighted by Crippen LogP contribution is -2.24. The molecular formula is C27H31N5O4S3. The van der Waals surface area contributed by atoms with Crippen LogP contribution in [0.2, 0.25) is 0 Å². The van der Waals surface area contributed by atoms with Crippen molar-refractivity contribution in [3.8, 4) is 21.7 Å². The van der Waals surface area contributed by atoms with Crippen LogP contribution >= 0.6 is 22.7 Å². The molecule has 0 aliphatic carbocycles. The Hall–Kier alpha value is -2.87. The average Bonchev–Trinajstić information content (AvgIpc) is 3.47. The van der Waals surface area contributed by atoms with Crippen molar-refractivity contribution >= 4 is 59.5 Å². The van der Waals surface area contributed by atoms with Crippen molar-refractivity contribution in [2.45, 2.75) is 19.4 Å². The Morgan fingerprint density at radius 1 is 1.13 bits per heavy atom. The largest absolute Gasteiger partial charge is 0.383 e. The van der Waals surface area contributed by atoms with Crippen molar-refractivity contribution < 1.29 is 17.9 Å². The van der Waals surface area contributed by atoms with Gasteiger partial charge in [-0.1, -0.05) is 18.2 Å². The van der Waals surface area contributed by atoms with E-state index in [1.54, 1.807) is 35.8 Å². The van der Waals surface area contributed by atoms with E-state index < -0.39 is 10.0 Å². The van der Waals surface area contributed by atoms with Gasteiger partial charge in [0.15, 0.2) is 0 Å². The van der Waals surface area contributed by atoms with Gasteiger partial charge in [-0.3, -0.25) is 9.52 Å². The molecule has 1 aliphatic heterocycles. The number of hydrogen-bond acceptors (Lipinski definition) is 9. The first-order valence-electron chi connectivity index (χ1n) is 12.6. The Kier molecular flexibility index (Phi) is 8.60. The number of sulfonamides is 1. The average molecular weight is 586 g/mol. The Labute approximate surface area is 236 Å². The molecule has 2 aromatic heterocycles. The molecule has 5 rings (SSSR count). The van der Waals surface area contributed by atoms with E-state index in [0.717, 1.165) is 62.7 Å². The van der Waals surface area contributed by atoms with Gasteiger partial charge in [0, 0.05) is 49.3 Å². The number of anilines is 2. The minimum Gasteiger partial charge on any atom is -0.383 e. The number of rotatable bonds is 11. The van der Waals surface area contributed by atoms with E-state index in [-0.39, 0.29) is 5.91 Å². The monoisotopic (exact) mass is 585 g/mol. The molecule has 0 fully saturated rings. The minimum absolute atomic E-state index is 0.0290. The van der Waals surface area contributed by atoms with Gasteiger partial charge in [-0.05, 0) is 53.9 Å². The zero-order valence-electron chi connectivity index (χ0n) is 21.8. The third kappa shape index (κ3) is 6.83. The molecule has 0 atom stereocenters. The van der Waals surface area contributed by atoms with Gasteiger partial charge in [0.1, 0.15) is 10.0 Å². The van der Waals surface area contributed by atoms with Crippen LogP contribution in [-0.2, 0) is 32.5 Å². The van der Waals surface area contributed by atoms with Crippen LogP contribution in [0, 0.1) is 0 Å². The topological polar surface area (TPSA) is 121 Å². The maximum absolute atomic E-state index is 12.8. The smallest absolute Gasteiger partial charge is 0.229 e. The standard InChI is InChI=1S/C27H31N5O4S3/c1-36-13-12-28-11-9-24(33)31-27-25(20-8-10-29-16-23(20)38-27)26-30-21-7-6-18(15-22(21)37-26)17-4-3-5-19(14-17)32-39(2,34)35/h3-7,14-15,28-29,32H,8-13,16H2,1-2H3,(H,31,33). The van der Waals surface area contributed by atoms with Gasteiger partial charge >= 0.3 is 0 Å². The van der Waals surface area contributed by atoms with Gasteiger partial charge in [-0.2, -0.15) is 0 Å². The summed E-state index contributed by atoms with van der Waals surface area (Å²) in [5.41, 5.74) is 5.57. The summed E-state index contributed by atoms with van der Waals surface area (Å²) in [7, 11) is -1.71. The molecule has 1 aliphatic rings. The second-order valence-corrected chi connectivity index (χ2v) is 13.2. The summed E-state index contributed by atoms with van der Waals surface area (Å²) in [5.74, 6) is -0.0290. The molecular weight excluding hydrogens is 555 g/mol. The molecule has 2 aromatic carbocycles. The SMILES string of the molecule is COCCNCCC(=O)Nc1sc2c(c1-c1nc3ccc(-c4cccc(NS(C)(=O)=O)c4)cc3s1)CCNC2. The Bertz CT molecular complexity index is 1600. The van der Waals surface area contributed by atoms with Crippen LogP contribution in [0.25, 0.3) is 31.9 Å². The molecule has 0 bridgehead atoms. The zero-order valence-corrected chi connectivity index (χ0v) is 24.2. The number of ether oxygens (including phenoxy) is 1. The van der Waals surface area contributed by atoms with Crippen molar-refractivity contribution in [2.75, 3.05) is 49.6 Å². The molecule has 4 aromatic rings. The third-order valence-electron chi connectivity index (χ3n) is 6.29. The minimum atomic E-state index is -3.36. The van der Waals surface area contributed by atoms with Gasteiger partial charge in [0.2, 0.25) is 15.9 Å². The number of amides is 1. The molecule has 3 heterocycles. The van der Waals surface area contributed by atoms with E-state index in [2.05, 4.69) is 26.7 Å². The number of thiophene rings is 1. The molecule has 206 valence electrons. The number of thiazole rings is 1. The van der Waals surface area contributed by atoms with Crippen LogP contribution in [0.1, 0.15) is 16.9 Å². The zero-order chi connectivity index (χ0) is 27.4. The first-order valence-corrected chi connectivity index (χ1v) is 16.2. The Balaban J connectivity index is 1.43. The van der Waals surface area contributed by atoms with Crippen LogP contribution in [0.15, 0.2) is 42.5 Å². The lowest BCUT2D eigenvalue weighted by molar-refractivity contribution is -0.116. The highest BCUT2D eigenvalue weighted by molar-refractivity contribution is 7.92. The van der Waals surface area contributed by atoms with Crippen LogP contribution in [0.5, 0.6) is 0 Å². The second-order valence-electron chi connectivity index (χ2n) is 9.33. The van der Waals surface area contributed by atoms with E-state index >= 15 is 0 Å². The van der Waals surface area contributed by atoms with Crippen LogP contribution < -0.4 is 20.7 Å². The van der Waals surface area contributed by atoms with Gasteiger partial charge in [0.05, 0.1) is 23.1 Å². The highest BCUT2D eigenvalue weighted by Gasteiger charge is 2.25. The number of hydrogen-bond donors (Lipinski definition) is 4. The van der Waals surface area contributed by atoms with E-state index in [1.807, 2.05) is 30.3 Å². The van der Waals surface area contributed by atoms with Crippen molar-refractivity contribution in [1.82, 2.24) is 15.6 Å². The van der Waals surface area contributed by atoms with Gasteiger partial charge < -0.3 is 20.7 Å². The summed E-state index contributed by atoms with van der Waals surface area (Å²) in [4.78, 5) is 19.0. The predicted molar refractivity (Wildman–Crippen MR) is 160 cm³/mol. The maximum Gasteiger partial charge on any atom is 0.229 e. The Morgan fingerprint density at radius 3 is 2.79 bits per heavy atom. The number of carbonyl (C=O) groups is 1. The number of benzene rings is 2. The highest BCUT2D eigenvalue weighted by atomic mass is 32.2. The molecule has 12 heteroatoms. The fourth-order valence-corrected chi connectivity index (χ4v) is 7.46. The number of aromatic nitrogens is 1. The lowest BCUT2D eigenvalue weighted by atomic mass is 10.0.